The number of halogens is 2. The summed E-state index contributed by atoms with van der Waals surface area (Å²) in [6.07, 6.45) is -0.716. The van der Waals surface area contributed by atoms with Gasteiger partial charge in [-0.05, 0) is 18.2 Å². The minimum absolute atomic E-state index is 0.0627. The molecule has 0 fully saturated rings. The molecule has 0 aromatic heterocycles. The molecule has 0 bridgehead atoms. The summed E-state index contributed by atoms with van der Waals surface area (Å²) in [7, 11) is 0. The highest BCUT2D eigenvalue weighted by molar-refractivity contribution is 9.10. The second-order valence-corrected chi connectivity index (χ2v) is 4.91. The van der Waals surface area contributed by atoms with Crippen molar-refractivity contribution in [1.29, 1.82) is 0 Å². The smallest absolute Gasteiger partial charge is 0.326 e. The molecule has 0 heterocycles. The first kappa shape index (κ1) is 15.5. The van der Waals surface area contributed by atoms with Crippen LogP contribution < -0.4 is 5.32 Å². The van der Waals surface area contributed by atoms with E-state index in [1.54, 1.807) is 6.07 Å². The average Bonchev–Trinajstić information content (AvgIpc) is 2.30. The number of amides is 1. The lowest BCUT2D eigenvalue weighted by atomic mass is 10.1. The summed E-state index contributed by atoms with van der Waals surface area (Å²) in [6, 6.07) is 2.98. The normalized spacial score (nSPS) is 11.7. The Morgan fingerprint density at radius 3 is 2.47 bits per heavy atom. The molecule has 1 atom stereocenters. The molecule has 1 rings (SSSR count). The molecule has 0 aliphatic heterocycles. The molecule has 1 amide bonds. The van der Waals surface area contributed by atoms with Crippen molar-refractivity contribution in [3.8, 4) is 0 Å². The maximum atomic E-state index is 11.8. The van der Waals surface area contributed by atoms with E-state index < -0.39 is 30.3 Å². The standard InChI is InChI=1S/C11H9BrClNO5/c12-5-1-2-7(13)6(3-5)10(17)14-8(11(18)19)4-9(15)16/h1-3,8H,4H2,(H,14,17)(H,15,16)(H,18,19)/t8-/m0/s1. The van der Waals surface area contributed by atoms with Crippen molar-refractivity contribution in [2.45, 2.75) is 12.5 Å². The Balaban J connectivity index is 2.90. The van der Waals surface area contributed by atoms with Gasteiger partial charge in [0, 0.05) is 4.47 Å². The van der Waals surface area contributed by atoms with E-state index in [0.29, 0.717) is 4.47 Å². The molecule has 102 valence electrons. The van der Waals surface area contributed by atoms with E-state index in [2.05, 4.69) is 21.2 Å². The number of carbonyl (C=O) groups is 3. The van der Waals surface area contributed by atoms with Crippen molar-refractivity contribution in [2.75, 3.05) is 0 Å². The molecule has 0 spiro atoms. The topological polar surface area (TPSA) is 104 Å². The summed E-state index contributed by atoms with van der Waals surface area (Å²) < 4.78 is 0.590. The average molecular weight is 351 g/mol. The van der Waals surface area contributed by atoms with Crippen molar-refractivity contribution in [2.24, 2.45) is 0 Å². The van der Waals surface area contributed by atoms with Gasteiger partial charge in [-0.1, -0.05) is 27.5 Å². The highest BCUT2D eigenvalue weighted by atomic mass is 79.9. The lowest BCUT2D eigenvalue weighted by Crippen LogP contribution is -2.42. The van der Waals surface area contributed by atoms with E-state index in [0.717, 1.165) is 0 Å². The molecular formula is C11H9BrClNO5. The van der Waals surface area contributed by atoms with Crippen molar-refractivity contribution in [1.82, 2.24) is 5.32 Å². The molecule has 3 N–H and O–H groups in total. The van der Waals surface area contributed by atoms with E-state index in [9.17, 15) is 14.4 Å². The van der Waals surface area contributed by atoms with Crippen LogP contribution >= 0.6 is 27.5 Å². The number of hydrogen-bond acceptors (Lipinski definition) is 3. The largest absolute Gasteiger partial charge is 0.481 e. The van der Waals surface area contributed by atoms with E-state index in [1.807, 2.05) is 0 Å². The highest BCUT2D eigenvalue weighted by Crippen LogP contribution is 2.21. The minimum atomic E-state index is -1.51. The quantitative estimate of drug-likeness (QED) is 0.751. The van der Waals surface area contributed by atoms with E-state index in [-0.39, 0.29) is 10.6 Å². The molecule has 19 heavy (non-hydrogen) atoms. The predicted octanol–water partition coefficient (Wildman–Crippen LogP) is 1.76. The van der Waals surface area contributed by atoms with Crippen molar-refractivity contribution in [3.05, 3.63) is 33.3 Å². The highest BCUT2D eigenvalue weighted by Gasteiger charge is 2.24. The van der Waals surface area contributed by atoms with Gasteiger partial charge in [0.15, 0.2) is 0 Å². The zero-order chi connectivity index (χ0) is 14.6. The maximum Gasteiger partial charge on any atom is 0.326 e. The van der Waals surface area contributed by atoms with E-state index >= 15 is 0 Å². The number of hydrogen-bond donors (Lipinski definition) is 3. The van der Waals surface area contributed by atoms with Gasteiger partial charge in [-0.2, -0.15) is 0 Å². The van der Waals surface area contributed by atoms with Gasteiger partial charge in [-0.25, -0.2) is 4.79 Å². The summed E-state index contributed by atoms with van der Waals surface area (Å²) in [5.74, 6) is -3.50. The molecule has 0 aliphatic rings. The van der Waals surface area contributed by atoms with Crippen LogP contribution in [0, 0.1) is 0 Å². The Labute approximate surface area is 121 Å². The number of nitrogens with one attached hydrogen (secondary N) is 1. The summed E-state index contributed by atoms with van der Waals surface area (Å²) >= 11 is 8.97. The summed E-state index contributed by atoms with van der Waals surface area (Å²) in [6.45, 7) is 0. The predicted molar refractivity (Wildman–Crippen MR) is 70.3 cm³/mol. The first-order valence-electron chi connectivity index (χ1n) is 5.01. The molecule has 0 radical (unpaired) electrons. The van der Waals surface area contributed by atoms with Crippen LogP contribution in [-0.4, -0.2) is 34.1 Å². The van der Waals surface area contributed by atoms with Crippen LogP contribution in [0.2, 0.25) is 5.02 Å². The van der Waals surface area contributed by atoms with Crippen molar-refractivity contribution >= 4 is 45.4 Å². The Hall–Kier alpha value is -1.60. The van der Waals surface area contributed by atoms with Gasteiger partial charge in [0.25, 0.3) is 5.91 Å². The van der Waals surface area contributed by atoms with Crippen LogP contribution in [0.5, 0.6) is 0 Å². The van der Waals surface area contributed by atoms with Crippen LogP contribution in [0.15, 0.2) is 22.7 Å². The number of aliphatic carboxylic acids is 2. The number of benzene rings is 1. The van der Waals surface area contributed by atoms with Gasteiger partial charge >= 0.3 is 11.9 Å². The maximum absolute atomic E-state index is 11.8. The molecule has 1 aromatic rings. The zero-order valence-electron chi connectivity index (χ0n) is 9.39. The van der Waals surface area contributed by atoms with Crippen LogP contribution in [0.25, 0.3) is 0 Å². The monoisotopic (exact) mass is 349 g/mol. The fraction of sp³-hybridized carbons (Fsp3) is 0.182. The Kier molecular flexibility index (Phi) is 5.31. The number of carboxylic acids is 2. The molecule has 0 aliphatic carbocycles. The molecule has 0 saturated carbocycles. The first-order chi connectivity index (χ1) is 8.81. The van der Waals surface area contributed by atoms with Crippen LogP contribution in [0.1, 0.15) is 16.8 Å². The van der Waals surface area contributed by atoms with Crippen LogP contribution in [0.4, 0.5) is 0 Å². The summed E-state index contributed by atoms with van der Waals surface area (Å²) in [5.41, 5.74) is 0.0627. The third kappa shape index (κ3) is 4.53. The van der Waals surface area contributed by atoms with Crippen molar-refractivity contribution < 1.29 is 24.6 Å². The third-order valence-electron chi connectivity index (χ3n) is 2.16. The van der Waals surface area contributed by atoms with Crippen molar-refractivity contribution in [3.63, 3.8) is 0 Å². The van der Waals surface area contributed by atoms with Gasteiger partial charge in [-0.3, -0.25) is 9.59 Å². The van der Waals surface area contributed by atoms with Crippen LogP contribution in [-0.2, 0) is 9.59 Å². The Morgan fingerprint density at radius 1 is 1.32 bits per heavy atom. The first-order valence-corrected chi connectivity index (χ1v) is 6.19. The fourth-order valence-corrected chi connectivity index (χ4v) is 1.85. The summed E-state index contributed by atoms with van der Waals surface area (Å²) in [4.78, 5) is 33.2. The summed E-state index contributed by atoms with van der Waals surface area (Å²) in [5, 5.41) is 19.6. The number of carbonyl (C=O) groups excluding carboxylic acids is 1. The minimum Gasteiger partial charge on any atom is -0.481 e. The Bertz CT molecular complexity index is 534. The molecule has 0 unspecified atom stereocenters. The SMILES string of the molecule is O=C(O)C[C@H](NC(=O)c1cc(Br)ccc1Cl)C(=O)O. The van der Waals surface area contributed by atoms with Gasteiger partial charge in [0.1, 0.15) is 6.04 Å². The second kappa shape index (κ2) is 6.53. The van der Waals surface area contributed by atoms with Gasteiger partial charge in [0.05, 0.1) is 17.0 Å². The Morgan fingerprint density at radius 2 is 1.95 bits per heavy atom. The molecule has 6 nitrogen and oxygen atoms in total. The third-order valence-corrected chi connectivity index (χ3v) is 2.98. The van der Waals surface area contributed by atoms with Gasteiger partial charge < -0.3 is 15.5 Å². The molecule has 8 heteroatoms. The van der Waals surface area contributed by atoms with Gasteiger partial charge in [0.2, 0.25) is 0 Å². The zero-order valence-corrected chi connectivity index (χ0v) is 11.7. The number of rotatable bonds is 5. The number of carboxylic acid groups (broad SMARTS) is 2. The van der Waals surface area contributed by atoms with Crippen LogP contribution in [0.3, 0.4) is 0 Å². The fourth-order valence-electron chi connectivity index (χ4n) is 1.28. The molecule has 0 saturated heterocycles. The molecule has 1 aromatic carbocycles. The molecular weight excluding hydrogens is 341 g/mol. The van der Waals surface area contributed by atoms with E-state index in [4.69, 9.17) is 21.8 Å². The lowest BCUT2D eigenvalue weighted by molar-refractivity contribution is -0.145. The van der Waals surface area contributed by atoms with Gasteiger partial charge in [-0.15, -0.1) is 0 Å². The second-order valence-electron chi connectivity index (χ2n) is 3.59. The van der Waals surface area contributed by atoms with E-state index in [1.165, 1.54) is 12.1 Å². The lowest BCUT2D eigenvalue weighted by Gasteiger charge is -2.13.